The summed E-state index contributed by atoms with van der Waals surface area (Å²) in [7, 11) is 0. The minimum atomic E-state index is -1.05. The monoisotopic (exact) mass is 360 g/mol. The third-order valence-electron chi connectivity index (χ3n) is 3.17. The van der Waals surface area contributed by atoms with Gasteiger partial charge in [0.15, 0.2) is 11.6 Å². The number of carbonyl (C=O) groups excluding carboxylic acids is 1. The van der Waals surface area contributed by atoms with Crippen LogP contribution >= 0.6 is 11.6 Å². The zero-order valence-electron chi connectivity index (χ0n) is 12.6. The molecule has 0 spiro atoms. The molecule has 126 valence electrons. The van der Waals surface area contributed by atoms with E-state index in [-0.39, 0.29) is 17.3 Å². The number of halogens is 3. The molecule has 8 heteroatoms. The molecule has 0 aliphatic rings. The van der Waals surface area contributed by atoms with Crippen LogP contribution in [0.4, 0.5) is 26.1 Å². The molecule has 0 aliphatic heterocycles. The zero-order valence-corrected chi connectivity index (χ0v) is 13.4. The lowest BCUT2D eigenvalue weighted by Gasteiger charge is -2.08. The Morgan fingerprint density at radius 2 is 1.68 bits per heavy atom. The highest BCUT2D eigenvalue weighted by molar-refractivity contribution is 6.30. The predicted octanol–water partition coefficient (Wildman–Crippen LogP) is 4.40. The zero-order chi connectivity index (χ0) is 17.8. The van der Waals surface area contributed by atoms with Crippen LogP contribution in [0.5, 0.6) is 0 Å². The normalized spacial score (nSPS) is 10.4. The van der Waals surface area contributed by atoms with Crippen LogP contribution in [-0.2, 0) is 0 Å². The number of rotatable bonds is 4. The summed E-state index contributed by atoms with van der Waals surface area (Å²) in [6.07, 6.45) is 1.41. The van der Waals surface area contributed by atoms with E-state index in [4.69, 9.17) is 11.6 Å². The Morgan fingerprint density at radius 3 is 2.40 bits per heavy atom. The third kappa shape index (κ3) is 4.27. The lowest BCUT2D eigenvalue weighted by Crippen LogP contribution is -2.15. The van der Waals surface area contributed by atoms with Crippen molar-refractivity contribution in [3.8, 4) is 0 Å². The Morgan fingerprint density at radius 1 is 0.960 bits per heavy atom. The van der Waals surface area contributed by atoms with Gasteiger partial charge in [-0.1, -0.05) is 11.6 Å². The van der Waals surface area contributed by atoms with Gasteiger partial charge in [0, 0.05) is 28.7 Å². The van der Waals surface area contributed by atoms with Crippen LogP contribution in [0.3, 0.4) is 0 Å². The molecule has 1 heterocycles. The lowest BCUT2D eigenvalue weighted by molar-refractivity contribution is 0.102. The van der Waals surface area contributed by atoms with E-state index >= 15 is 0 Å². The third-order valence-corrected chi connectivity index (χ3v) is 3.42. The first kappa shape index (κ1) is 16.8. The van der Waals surface area contributed by atoms with Crippen molar-refractivity contribution >= 4 is 34.8 Å². The van der Waals surface area contributed by atoms with Crippen LogP contribution < -0.4 is 10.6 Å². The summed E-state index contributed by atoms with van der Waals surface area (Å²) >= 11 is 5.82. The number of nitrogens with one attached hydrogen (secondary N) is 2. The van der Waals surface area contributed by atoms with E-state index in [0.29, 0.717) is 10.7 Å². The van der Waals surface area contributed by atoms with Gasteiger partial charge >= 0.3 is 0 Å². The van der Waals surface area contributed by atoms with E-state index in [1.54, 1.807) is 24.3 Å². The van der Waals surface area contributed by atoms with E-state index in [1.807, 2.05) is 0 Å². The fourth-order valence-corrected chi connectivity index (χ4v) is 2.10. The average molecular weight is 361 g/mol. The number of hydrogen-bond acceptors (Lipinski definition) is 4. The summed E-state index contributed by atoms with van der Waals surface area (Å²) in [5.74, 6) is -2.41. The molecular formula is C17H11ClF2N4O. The molecule has 0 radical (unpaired) electrons. The number of benzene rings is 2. The maximum absolute atomic E-state index is 13.2. The SMILES string of the molecule is O=C(Nc1ccc(F)c(F)c1)c1ccnc(Nc2ccc(Cl)cc2)n1. The Bertz CT molecular complexity index is 919. The molecule has 3 rings (SSSR count). The molecule has 2 N–H and O–H groups in total. The minimum Gasteiger partial charge on any atom is -0.324 e. The summed E-state index contributed by atoms with van der Waals surface area (Å²) in [5.41, 5.74) is 0.883. The fraction of sp³-hybridized carbons (Fsp3) is 0. The van der Waals surface area contributed by atoms with Crippen molar-refractivity contribution in [2.75, 3.05) is 10.6 Å². The topological polar surface area (TPSA) is 66.9 Å². The van der Waals surface area contributed by atoms with Gasteiger partial charge in [-0.15, -0.1) is 0 Å². The van der Waals surface area contributed by atoms with Crippen molar-refractivity contribution in [3.05, 3.63) is 77.1 Å². The van der Waals surface area contributed by atoms with E-state index < -0.39 is 17.5 Å². The van der Waals surface area contributed by atoms with Gasteiger partial charge in [-0.2, -0.15) is 0 Å². The van der Waals surface area contributed by atoms with E-state index in [1.165, 1.54) is 18.3 Å². The van der Waals surface area contributed by atoms with Gasteiger partial charge in [-0.3, -0.25) is 4.79 Å². The summed E-state index contributed by atoms with van der Waals surface area (Å²) in [4.78, 5) is 20.3. The number of nitrogens with zero attached hydrogens (tertiary/aromatic N) is 2. The molecular weight excluding hydrogens is 350 g/mol. The number of hydrogen-bond donors (Lipinski definition) is 2. The molecule has 25 heavy (non-hydrogen) atoms. The molecule has 1 aromatic heterocycles. The molecule has 0 fully saturated rings. The first-order chi connectivity index (χ1) is 12.0. The van der Waals surface area contributed by atoms with Crippen molar-refractivity contribution in [2.45, 2.75) is 0 Å². The highest BCUT2D eigenvalue weighted by atomic mass is 35.5. The molecule has 0 saturated heterocycles. The van der Waals surface area contributed by atoms with E-state index in [2.05, 4.69) is 20.6 Å². The highest BCUT2D eigenvalue weighted by Gasteiger charge is 2.11. The highest BCUT2D eigenvalue weighted by Crippen LogP contribution is 2.17. The number of aromatic nitrogens is 2. The van der Waals surface area contributed by atoms with E-state index in [0.717, 1.165) is 12.1 Å². The quantitative estimate of drug-likeness (QED) is 0.723. The molecule has 0 saturated carbocycles. The second-order valence-corrected chi connectivity index (χ2v) is 5.42. The largest absolute Gasteiger partial charge is 0.324 e. The lowest BCUT2D eigenvalue weighted by atomic mass is 10.3. The maximum atomic E-state index is 13.2. The maximum Gasteiger partial charge on any atom is 0.274 e. The van der Waals surface area contributed by atoms with Crippen molar-refractivity contribution in [3.63, 3.8) is 0 Å². The minimum absolute atomic E-state index is 0.0659. The van der Waals surface area contributed by atoms with Crippen molar-refractivity contribution < 1.29 is 13.6 Å². The Balaban J connectivity index is 1.74. The number of anilines is 3. The van der Waals surface area contributed by atoms with Crippen LogP contribution in [0, 0.1) is 11.6 Å². The predicted molar refractivity (Wildman–Crippen MR) is 91.1 cm³/mol. The van der Waals surface area contributed by atoms with Gasteiger partial charge in [0.2, 0.25) is 5.95 Å². The van der Waals surface area contributed by atoms with Gasteiger partial charge in [-0.05, 0) is 42.5 Å². The fourth-order valence-electron chi connectivity index (χ4n) is 1.98. The van der Waals surface area contributed by atoms with Crippen LogP contribution in [0.2, 0.25) is 5.02 Å². The van der Waals surface area contributed by atoms with Crippen LogP contribution in [-0.4, -0.2) is 15.9 Å². The Kier molecular flexibility index (Phi) is 4.85. The summed E-state index contributed by atoms with van der Waals surface area (Å²) in [6.45, 7) is 0. The summed E-state index contributed by atoms with van der Waals surface area (Å²) in [6, 6.07) is 11.3. The molecule has 0 bridgehead atoms. The molecule has 2 aromatic carbocycles. The van der Waals surface area contributed by atoms with Crippen molar-refractivity contribution in [1.82, 2.24) is 9.97 Å². The van der Waals surface area contributed by atoms with Crippen molar-refractivity contribution in [2.24, 2.45) is 0 Å². The average Bonchev–Trinajstić information content (AvgIpc) is 2.60. The Hall–Kier alpha value is -3.06. The van der Waals surface area contributed by atoms with Gasteiger partial charge in [0.1, 0.15) is 5.69 Å². The van der Waals surface area contributed by atoms with Crippen LogP contribution in [0.15, 0.2) is 54.7 Å². The summed E-state index contributed by atoms with van der Waals surface area (Å²) < 4.78 is 26.1. The Labute approximate surface area is 146 Å². The molecule has 0 unspecified atom stereocenters. The number of amides is 1. The van der Waals surface area contributed by atoms with Gasteiger partial charge in [-0.25, -0.2) is 18.7 Å². The molecule has 3 aromatic rings. The first-order valence-corrected chi connectivity index (χ1v) is 7.51. The standard InChI is InChI=1S/C17H11ClF2N4O/c18-10-1-3-11(4-2-10)23-17-21-8-7-15(24-17)16(25)22-12-5-6-13(19)14(20)9-12/h1-9H,(H,22,25)(H,21,23,24). The molecule has 0 aliphatic carbocycles. The van der Waals surface area contributed by atoms with Crippen LogP contribution in [0.25, 0.3) is 0 Å². The van der Waals surface area contributed by atoms with Gasteiger partial charge in [0.25, 0.3) is 5.91 Å². The second kappa shape index (κ2) is 7.23. The van der Waals surface area contributed by atoms with E-state index in [9.17, 15) is 13.6 Å². The summed E-state index contributed by atoms with van der Waals surface area (Å²) in [5, 5.41) is 5.97. The van der Waals surface area contributed by atoms with Gasteiger partial charge < -0.3 is 10.6 Å². The van der Waals surface area contributed by atoms with Gasteiger partial charge in [0.05, 0.1) is 0 Å². The molecule has 1 amide bonds. The second-order valence-electron chi connectivity index (χ2n) is 4.98. The number of carbonyl (C=O) groups is 1. The van der Waals surface area contributed by atoms with Crippen molar-refractivity contribution in [1.29, 1.82) is 0 Å². The first-order valence-electron chi connectivity index (χ1n) is 7.13. The van der Waals surface area contributed by atoms with Crippen LogP contribution in [0.1, 0.15) is 10.5 Å². The smallest absolute Gasteiger partial charge is 0.274 e. The molecule has 5 nitrogen and oxygen atoms in total. The molecule has 0 atom stereocenters.